The highest BCUT2D eigenvalue weighted by Crippen LogP contribution is 2.05. The number of ether oxygens (including phenoxy) is 1. The summed E-state index contributed by atoms with van der Waals surface area (Å²) >= 11 is 4.84. The number of hydrogen-bond donors (Lipinski definition) is 0. The average molecular weight is 260 g/mol. The van der Waals surface area contributed by atoms with Crippen molar-refractivity contribution >= 4 is 39.9 Å². The molecule has 0 aliphatic carbocycles. The number of allylic oxidation sites excluding steroid dienone is 2. The van der Waals surface area contributed by atoms with Gasteiger partial charge in [0.25, 0.3) is 0 Å². The van der Waals surface area contributed by atoms with Crippen molar-refractivity contribution in [1.82, 2.24) is 4.98 Å². The fourth-order valence-electron chi connectivity index (χ4n) is 0.836. The minimum absolute atomic E-state index is 0.772. The van der Waals surface area contributed by atoms with Gasteiger partial charge in [-0.3, -0.25) is 0 Å². The summed E-state index contributed by atoms with van der Waals surface area (Å²) < 4.78 is 6.97. The van der Waals surface area contributed by atoms with Gasteiger partial charge in [0, 0.05) is 0 Å². The predicted molar refractivity (Wildman–Crippen MR) is 59.8 cm³/mol. The maximum atomic E-state index is 5.11. The summed E-state index contributed by atoms with van der Waals surface area (Å²) in [6.45, 7) is 5.74. The van der Waals surface area contributed by atoms with Gasteiger partial charge in [-0.05, 0) is 35.0 Å². The van der Waals surface area contributed by atoms with E-state index in [9.17, 15) is 0 Å². The molecule has 1 rings (SSSR count). The monoisotopic (exact) mass is 259 g/mol. The minimum Gasteiger partial charge on any atom is -0.497 e. The van der Waals surface area contributed by atoms with E-state index in [-0.39, 0.29) is 0 Å². The first-order valence-corrected chi connectivity index (χ1v) is 5.31. The smallest absolute Gasteiger partial charge is 0.160 e. The Kier molecular flexibility index (Phi) is 3.69. The van der Waals surface area contributed by atoms with E-state index in [1.54, 1.807) is 18.4 Å². The van der Waals surface area contributed by atoms with Crippen LogP contribution in [0.4, 0.5) is 0 Å². The number of halogens is 1. The molecule has 0 atom stereocenters. The fraction of sp³-hybridized carbons (Fsp3) is 0.222. The summed E-state index contributed by atoms with van der Waals surface area (Å²) in [6, 6.07) is 0. The highest BCUT2D eigenvalue weighted by Gasteiger charge is 1.94. The Morgan fingerprint density at radius 1 is 1.69 bits per heavy atom. The quantitative estimate of drug-likeness (QED) is 0.754. The van der Waals surface area contributed by atoms with Crippen LogP contribution >= 0.6 is 27.3 Å². The van der Waals surface area contributed by atoms with Gasteiger partial charge < -0.3 is 4.74 Å². The molecule has 0 fully saturated rings. The third-order valence-electron chi connectivity index (χ3n) is 1.50. The molecular formula is C9H10BrNOS. The van der Waals surface area contributed by atoms with Gasteiger partial charge in [0.1, 0.15) is 5.76 Å². The van der Waals surface area contributed by atoms with Crippen LogP contribution < -0.4 is 9.88 Å². The van der Waals surface area contributed by atoms with Gasteiger partial charge in [0.05, 0.1) is 17.0 Å². The van der Waals surface area contributed by atoms with Crippen LogP contribution in [0, 0.1) is 0 Å². The fourth-order valence-corrected chi connectivity index (χ4v) is 2.25. The molecule has 1 heterocycles. The lowest BCUT2D eigenvalue weighted by Crippen LogP contribution is -2.18. The second-order valence-electron chi connectivity index (χ2n) is 2.32. The molecule has 0 aliphatic heterocycles. The second kappa shape index (κ2) is 4.58. The summed E-state index contributed by atoms with van der Waals surface area (Å²) in [7, 11) is 1.64. The molecule has 0 saturated heterocycles. The SMILES string of the molecule is C=c1nc(Br)s/c1=C/C(=C\C)OC. The van der Waals surface area contributed by atoms with E-state index in [1.165, 1.54) is 0 Å². The molecule has 0 aliphatic rings. The van der Waals surface area contributed by atoms with Crippen LogP contribution in [0.5, 0.6) is 0 Å². The molecule has 0 spiro atoms. The number of hydrogen-bond acceptors (Lipinski definition) is 3. The van der Waals surface area contributed by atoms with E-state index >= 15 is 0 Å². The first kappa shape index (κ1) is 10.5. The molecule has 70 valence electrons. The Bertz CT molecular complexity index is 421. The number of thiazole rings is 1. The summed E-state index contributed by atoms with van der Waals surface area (Å²) in [4.78, 5) is 4.14. The lowest BCUT2D eigenvalue weighted by atomic mass is 10.4. The molecule has 0 radical (unpaired) electrons. The van der Waals surface area contributed by atoms with Crippen molar-refractivity contribution in [2.24, 2.45) is 0 Å². The van der Waals surface area contributed by atoms with Gasteiger partial charge in [-0.15, -0.1) is 11.3 Å². The van der Waals surface area contributed by atoms with E-state index < -0.39 is 0 Å². The average Bonchev–Trinajstić information content (AvgIpc) is 2.41. The maximum absolute atomic E-state index is 5.11. The van der Waals surface area contributed by atoms with Crippen molar-refractivity contribution in [3.05, 3.63) is 25.6 Å². The molecule has 0 N–H and O–H groups in total. The molecule has 0 bridgehead atoms. The molecule has 0 aromatic carbocycles. The number of nitrogens with zero attached hydrogens (tertiary/aromatic N) is 1. The van der Waals surface area contributed by atoms with Gasteiger partial charge in [-0.25, -0.2) is 4.98 Å². The Labute approximate surface area is 89.4 Å². The molecule has 0 saturated carbocycles. The van der Waals surface area contributed by atoms with Gasteiger partial charge in [0.2, 0.25) is 0 Å². The van der Waals surface area contributed by atoms with E-state index in [2.05, 4.69) is 27.5 Å². The highest BCUT2D eigenvalue weighted by molar-refractivity contribution is 9.11. The maximum Gasteiger partial charge on any atom is 0.160 e. The van der Waals surface area contributed by atoms with Crippen molar-refractivity contribution in [2.45, 2.75) is 6.92 Å². The van der Waals surface area contributed by atoms with Gasteiger partial charge >= 0.3 is 0 Å². The lowest BCUT2D eigenvalue weighted by molar-refractivity contribution is 0.313. The van der Waals surface area contributed by atoms with Crippen LogP contribution in [0.2, 0.25) is 0 Å². The first-order valence-electron chi connectivity index (χ1n) is 3.70. The Hall–Kier alpha value is -0.610. The molecule has 4 heteroatoms. The zero-order valence-corrected chi connectivity index (χ0v) is 9.91. The summed E-state index contributed by atoms with van der Waals surface area (Å²) in [5.41, 5.74) is 0. The van der Waals surface area contributed by atoms with Crippen molar-refractivity contribution in [3.8, 4) is 0 Å². The number of methoxy groups -OCH3 is 1. The zero-order chi connectivity index (χ0) is 9.84. The standard InChI is InChI=1S/C9H10BrNOS/c1-4-7(12-3)5-8-6(2)11-9(10)13-8/h4-5H,2H2,1,3H3/b7-4+,8-5+. The molecule has 1 aromatic heterocycles. The largest absolute Gasteiger partial charge is 0.497 e. The third kappa shape index (κ3) is 2.67. The predicted octanol–water partition coefficient (Wildman–Crippen LogP) is 1.65. The Morgan fingerprint density at radius 3 is 2.77 bits per heavy atom. The van der Waals surface area contributed by atoms with Crippen LogP contribution in [0.15, 0.2) is 15.8 Å². The Balaban J connectivity index is 3.21. The second-order valence-corrected chi connectivity index (χ2v) is 4.62. The van der Waals surface area contributed by atoms with Crippen LogP contribution in [0.25, 0.3) is 12.7 Å². The molecule has 1 aromatic rings. The van der Waals surface area contributed by atoms with E-state index in [0.29, 0.717) is 0 Å². The molecule has 0 amide bonds. The lowest BCUT2D eigenvalue weighted by Gasteiger charge is -1.95. The van der Waals surface area contributed by atoms with Crippen molar-refractivity contribution in [2.75, 3.05) is 7.11 Å². The molecule has 0 unspecified atom stereocenters. The summed E-state index contributed by atoms with van der Waals surface area (Å²) in [5.74, 6) is 0.820. The highest BCUT2D eigenvalue weighted by atomic mass is 79.9. The van der Waals surface area contributed by atoms with Gasteiger partial charge in [0.15, 0.2) is 3.92 Å². The van der Waals surface area contributed by atoms with Crippen molar-refractivity contribution < 1.29 is 4.74 Å². The van der Waals surface area contributed by atoms with Gasteiger partial charge in [-0.1, -0.05) is 6.58 Å². The van der Waals surface area contributed by atoms with Crippen LogP contribution in [-0.2, 0) is 4.74 Å². The molecule has 2 nitrogen and oxygen atoms in total. The van der Waals surface area contributed by atoms with Crippen molar-refractivity contribution in [1.29, 1.82) is 0 Å². The minimum atomic E-state index is 0.772. The topological polar surface area (TPSA) is 22.1 Å². The third-order valence-corrected chi connectivity index (χ3v) is 2.99. The number of rotatable bonds is 2. The summed E-state index contributed by atoms with van der Waals surface area (Å²) in [5, 5.41) is 0.772. The van der Waals surface area contributed by atoms with E-state index in [1.807, 2.05) is 19.1 Å². The summed E-state index contributed by atoms with van der Waals surface area (Å²) in [6.07, 6.45) is 3.82. The van der Waals surface area contributed by atoms with E-state index in [0.717, 1.165) is 19.6 Å². The van der Waals surface area contributed by atoms with Crippen LogP contribution in [-0.4, -0.2) is 12.1 Å². The zero-order valence-electron chi connectivity index (χ0n) is 7.50. The molecular weight excluding hydrogens is 250 g/mol. The molecule has 13 heavy (non-hydrogen) atoms. The van der Waals surface area contributed by atoms with Gasteiger partial charge in [-0.2, -0.15) is 0 Å². The number of aromatic nitrogens is 1. The first-order chi connectivity index (χ1) is 6.17. The van der Waals surface area contributed by atoms with Crippen LogP contribution in [0.1, 0.15) is 6.92 Å². The van der Waals surface area contributed by atoms with Crippen LogP contribution in [0.3, 0.4) is 0 Å². The van der Waals surface area contributed by atoms with Crippen molar-refractivity contribution in [3.63, 3.8) is 0 Å². The van der Waals surface area contributed by atoms with E-state index in [4.69, 9.17) is 4.74 Å². The Morgan fingerprint density at radius 2 is 2.38 bits per heavy atom. The normalized spacial score (nSPS) is 13.5.